The van der Waals surface area contributed by atoms with Crippen LogP contribution in [0.15, 0.2) is 41.7 Å². The van der Waals surface area contributed by atoms with Gasteiger partial charge in [-0.3, -0.25) is 4.79 Å². The molecule has 5 nitrogen and oxygen atoms in total. The lowest BCUT2D eigenvalue weighted by Gasteiger charge is -2.07. The summed E-state index contributed by atoms with van der Waals surface area (Å²) in [6.45, 7) is 2.41. The zero-order valence-corrected chi connectivity index (χ0v) is 12.4. The number of oxime groups is 1. The first-order chi connectivity index (χ1) is 10.2. The van der Waals surface area contributed by atoms with E-state index in [1.807, 2.05) is 37.3 Å². The van der Waals surface area contributed by atoms with Crippen molar-refractivity contribution < 1.29 is 9.63 Å². The first-order valence-corrected chi connectivity index (χ1v) is 7.51. The van der Waals surface area contributed by atoms with Crippen molar-refractivity contribution in [1.82, 2.24) is 10.3 Å². The number of benzene rings is 1. The monoisotopic (exact) mass is 301 g/mol. The minimum absolute atomic E-state index is 0.169. The second-order valence-electron chi connectivity index (χ2n) is 4.78. The Morgan fingerprint density at radius 1 is 1.43 bits per heavy atom. The van der Waals surface area contributed by atoms with Crippen LogP contribution in [0.3, 0.4) is 0 Å². The highest BCUT2D eigenvalue weighted by atomic mass is 32.1. The van der Waals surface area contributed by atoms with E-state index >= 15 is 0 Å². The van der Waals surface area contributed by atoms with Crippen LogP contribution in [-0.2, 0) is 16.2 Å². The number of aryl methyl sites for hydroxylation is 1. The van der Waals surface area contributed by atoms with Crippen LogP contribution in [0.4, 0.5) is 0 Å². The van der Waals surface area contributed by atoms with Crippen LogP contribution in [0.1, 0.15) is 28.0 Å². The van der Waals surface area contributed by atoms with Gasteiger partial charge in [0.15, 0.2) is 6.10 Å². The van der Waals surface area contributed by atoms with E-state index in [9.17, 15) is 4.79 Å². The predicted octanol–water partition coefficient (Wildman–Crippen LogP) is 2.59. The molecule has 0 radical (unpaired) electrons. The molecule has 1 atom stereocenters. The summed E-state index contributed by atoms with van der Waals surface area (Å²) >= 11 is 1.57. The highest BCUT2D eigenvalue weighted by Gasteiger charge is 2.27. The van der Waals surface area contributed by atoms with Crippen molar-refractivity contribution in [3.8, 4) is 0 Å². The van der Waals surface area contributed by atoms with Gasteiger partial charge < -0.3 is 10.2 Å². The maximum atomic E-state index is 12.1. The fraction of sp³-hybridized carbons (Fsp3) is 0.267. The van der Waals surface area contributed by atoms with Gasteiger partial charge in [0, 0.05) is 17.5 Å². The molecule has 1 N–H and O–H groups in total. The quantitative estimate of drug-likeness (QED) is 0.944. The molecule has 0 bridgehead atoms. The summed E-state index contributed by atoms with van der Waals surface area (Å²) in [5.74, 6) is -0.181. The second-order valence-corrected chi connectivity index (χ2v) is 6.09. The van der Waals surface area contributed by atoms with Crippen molar-refractivity contribution in [2.75, 3.05) is 0 Å². The Labute approximate surface area is 126 Å². The molecule has 1 aliphatic rings. The molecule has 0 saturated heterocycles. The van der Waals surface area contributed by atoms with Crippen LogP contribution >= 0.6 is 11.3 Å². The van der Waals surface area contributed by atoms with Gasteiger partial charge in [-0.1, -0.05) is 35.5 Å². The topological polar surface area (TPSA) is 63.6 Å². The van der Waals surface area contributed by atoms with Gasteiger partial charge in [0.25, 0.3) is 5.91 Å². The number of hydrogen-bond acceptors (Lipinski definition) is 5. The zero-order valence-electron chi connectivity index (χ0n) is 11.6. The molecule has 2 aromatic rings. The second kappa shape index (κ2) is 6.05. The number of hydrogen-bond donors (Lipinski definition) is 1. The van der Waals surface area contributed by atoms with Gasteiger partial charge in [-0.25, -0.2) is 4.98 Å². The van der Waals surface area contributed by atoms with Gasteiger partial charge in [0.1, 0.15) is 5.71 Å². The van der Waals surface area contributed by atoms with Gasteiger partial charge in [-0.05, 0) is 12.5 Å². The standard InChI is InChI=1S/C15H15N3O2S/c1-10-16-8-12(21-10)9-17-15(19)13-7-14(20-18-13)11-5-3-2-4-6-11/h2-6,8,14H,7,9H2,1H3,(H,17,19). The van der Waals surface area contributed by atoms with Crippen LogP contribution in [0.25, 0.3) is 0 Å². The highest BCUT2D eigenvalue weighted by Crippen LogP contribution is 2.26. The van der Waals surface area contributed by atoms with Crippen molar-refractivity contribution in [1.29, 1.82) is 0 Å². The third-order valence-corrected chi connectivity index (χ3v) is 4.11. The number of thiazole rings is 1. The first-order valence-electron chi connectivity index (χ1n) is 6.69. The molecule has 6 heteroatoms. The van der Waals surface area contributed by atoms with E-state index in [0.717, 1.165) is 15.4 Å². The van der Waals surface area contributed by atoms with Gasteiger partial charge in [-0.2, -0.15) is 0 Å². The Kier molecular flexibility index (Phi) is 3.96. The lowest BCUT2D eigenvalue weighted by Crippen LogP contribution is -2.29. The molecule has 21 heavy (non-hydrogen) atoms. The Balaban J connectivity index is 1.55. The van der Waals surface area contributed by atoms with Crippen molar-refractivity contribution in [2.24, 2.45) is 5.16 Å². The number of aromatic nitrogens is 1. The maximum Gasteiger partial charge on any atom is 0.269 e. The summed E-state index contributed by atoms with van der Waals surface area (Å²) in [6, 6.07) is 9.79. The van der Waals surface area contributed by atoms with Crippen LogP contribution in [0.2, 0.25) is 0 Å². The average Bonchev–Trinajstić information content (AvgIpc) is 3.15. The normalized spacial score (nSPS) is 17.2. The molecule has 0 spiro atoms. The summed E-state index contributed by atoms with van der Waals surface area (Å²) in [5.41, 5.74) is 1.47. The van der Waals surface area contributed by atoms with Crippen molar-refractivity contribution in [3.05, 3.63) is 52.0 Å². The van der Waals surface area contributed by atoms with E-state index in [4.69, 9.17) is 4.84 Å². The SMILES string of the molecule is Cc1ncc(CNC(=O)C2=NOC(c3ccccc3)C2)s1. The largest absolute Gasteiger partial charge is 0.387 e. The Morgan fingerprint density at radius 3 is 2.95 bits per heavy atom. The van der Waals surface area contributed by atoms with Crippen LogP contribution in [0.5, 0.6) is 0 Å². The zero-order chi connectivity index (χ0) is 14.7. The lowest BCUT2D eigenvalue weighted by molar-refractivity contribution is -0.115. The summed E-state index contributed by atoms with van der Waals surface area (Å²) < 4.78 is 0. The van der Waals surface area contributed by atoms with E-state index in [2.05, 4.69) is 15.5 Å². The van der Waals surface area contributed by atoms with E-state index in [0.29, 0.717) is 18.7 Å². The van der Waals surface area contributed by atoms with Crippen molar-refractivity contribution >= 4 is 23.0 Å². The molecule has 1 amide bonds. The molecule has 108 valence electrons. The van der Waals surface area contributed by atoms with Crippen LogP contribution in [0, 0.1) is 6.92 Å². The van der Waals surface area contributed by atoms with Gasteiger partial charge >= 0.3 is 0 Å². The maximum absolute atomic E-state index is 12.1. The predicted molar refractivity (Wildman–Crippen MR) is 81.0 cm³/mol. The summed E-state index contributed by atoms with van der Waals surface area (Å²) in [7, 11) is 0. The highest BCUT2D eigenvalue weighted by molar-refractivity contribution is 7.11. The number of carbonyl (C=O) groups excluding carboxylic acids is 1. The van der Waals surface area contributed by atoms with Crippen molar-refractivity contribution in [2.45, 2.75) is 26.0 Å². The molecule has 2 heterocycles. The van der Waals surface area contributed by atoms with Gasteiger partial charge in [0.05, 0.1) is 11.6 Å². The molecule has 1 aromatic carbocycles. The van der Waals surface area contributed by atoms with Crippen LogP contribution in [-0.4, -0.2) is 16.6 Å². The van der Waals surface area contributed by atoms with Gasteiger partial charge in [-0.15, -0.1) is 11.3 Å². The number of nitrogens with one attached hydrogen (secondary N) is 1. The minimum atomic E-state index is -0.181. The summed E-state index contributed by atoms with van der Waals surface area (Å²) in [6.07, 6.45) is 2.11. The van der Waals surface area contributed by atoms with Crippen LogP contribution < -0.4 is 5.32 Å². The fourth-order valence-corrected chi connectivity index (χ4v) is 2.85. The molecule has 0 fully saturated rings. The third kappa shape index (κ3) is 3.28. The molecule has 0 aliphatic carbocycles. The summed E-state index contributed by atoms with van der Waals surface area (Å²) in [4.78, 5) is 22.6. The number of nitrogens with zero attached hydrogens (tertiary/aromatic N) is 2. The first kappa shape index (κ1) is 13.8. The molecule has 1 unspecified atom stereocenters. The minimum Gasteiger partial charge on any atom is -0.387 e. The van der Waals surface area contributed by atoms with E-state index < -0.39 is 0 Å². The van der Waals surface area contributed by atoms with Gasteiger partial charge in [0.2, 0.25) is 0 Å². The Bertz CT molecular complexity index is 667. The lowest BCUT2D eigenvalue weighted by atomic mass is 10.0. The number of rotatable bonds is 4. The Morgan fingerprint density at radius 2 is 2.24 bits per heavy atom. The number of amides is 1. The molecule has 3 rings (SSSR count). The molecule has 1 aromatic heterocycles. The number of carbonyl (C=O) groups is 1. The third-order valence-electron chi connectivity index (χ3n) is 3.19. The molecule has 0 saturated carbocycles. The molecular weight excluding hydrogens is 286 g/mol. The molecule has 1 aliphatic heterocycles. The molecular formula is C15H15N3O2S. The smallest absolute Gasteiger partial charge is 0.269 e. The average molecular weight is 301 g/mol. The summed E-state index contributed by atoms with van der Waals surface area (Å²) in [5, 5.41) is 7.74. The fourth-order valence-electron chi connectivity index (χ4n) is 2.11. The van der Waals surface area contributed by atoms with E-state index in [1.165, 1.54) is 0 Å². The van der Waals surface area contributed by atoms with E-state index in [1.54, 1.807) is 17.5 Å². The Hall–Kier alpha value is -2.21. The van der Waals surface area contributed by atoms with Crippen molar-refractivity contribution in [3.63, 3.8) is 0 Å². The van der Waals surface area contributed by atoms with E-state index in [-0.39, 0.29) is 12.0 Å².